The molecule has 0 aliphatic rings. The van der Waals surface area contributed by atoms with Crippen molar-refractivity contribution < 1.29 is 19.2 Å². The SMILES string of the molecule is COC(=O)c1ccc(C=NNC(=O)CSCc2ccc([N+](=O)[O-])cc2)cc1. The summed E-state index contributed by atoms with van der Waals surface area (Å²) in [6, 6.07) is 12.8. The standard InChI is InChI=1S/C18H17N3O5S/c1-26-18(23)15-6-2-13(3-7-15)10-19-20-17(22)12-27-11-14-4-8-16(9-5-14)21(24)25/h2-10H,11-12H2,1H3,(H,20,22). The number of nitro benzene ring substituents is 1. The first-order valence-electron chi connectivity index (χ1n) is 7.81. The van der Waals surface area contributed by atoms with Gasteiger partial charge in [-0.2, -0.15) is 5.10 Å². The molecule has 0 saturated heterocycles. The van der Waals surface area contributed by atoms with Gasteiger partial charge in [0.05, 0.1) is 29.6 Å². The molecule has 140 valence electrons. The van der Waals surface area contributed by atoms with Crippen molar-refractivity contribution in [3.05, 3.63) is 75.3 Å². The number of carbonyl (C=O) groups excluding carboxylic acids is 2. The number of rotatable bonds is 8. The summed E-state index contributed by atoms with van der Waals surface area (Å²) < 4.78 is 4.61. The fourth-order valence-electron chi connectivity index (χ4n) is 2.01. The van der Waals surface area contributed by atoms with Crippen molar-refractivity contribution in [1.29, 1.82) is 0 Å². The maximum Gasteiger partial charge on any atom is 0.337 e. The van der Waals surface area contributed by atoms with Crippen LogP contribution < -0.4 is 5.43 Å². The highest BCUT2D eigenvalue weighted by atomic mass is 32.2. The second-order valence-electron chi connectivity index (χ2n) is 5.32. The van der Waals surface area contributed by atoms with E-state index in [0.29, 0.717) is 11.3 Å². The fourth-order valence-corrected chi connectivity index (χ4v) is 2.79. The number of methoxy groups -OCH3 is 1. The number of esters is 1. The molecule has 0 spiro atoms. The van der Waals surface area contributed by atoms with E-state index in [1.165, 1.54) is 37.2 Å². The number of hydrogen-bond donors (Lipinski definition) is 1. The summed E-state index contributed by atoms with van der Waals surface area (Å²) in [5.74, 6) is 0.0842. The first-order chi connectivity index (χ1) is 13.0. The van der Waals surface area contributed by atoms with Crippen molar-refractivity contribution in [2.24, 2.45) is 5.10 Å². The maximum absolute atomic E-state index is 11.8. The lowest BCUT2D eigenvalue weighted by Gasteiger charge is -2.02. The topological polar surface area (TPSA) is 111 Å². The molecule has 0 unspecified atom stereocenters. The number of carbonyl (C=O) groups is 2. The number of nitro groups is 1. The number of ether oxygens (including phenoxy) is 1. The van der Waals surface area contributed by atoms with Crippen LogP contribution in [0.5, 0.6) is 0 Å². The molecule has 0 bridgehead atoms. The minimum Gasteiger partial charge on any atom is -0.465 e. The molecule has 27 heavy (non-hydrogen) atoms. The van der Waals surface area contributed by atoms with Crippen LogP contribution >= 0.6 is 11.8 Å². The van der Waals surface area contributed by atoms with E-state index < -0.39 is 10.9 Å². The molecular formula is C18H17N3O5S. The van der Waals surface area contributed by atoms with Crippen molar-refractivity contribution in [2.75, 3.05) is 12.9 Å². The summed E-state index contributed by atoms with van der Waals surface area (Å²) in [6.07, 6.45) is 1.47. The first kappa shape index (κ1) is 20.1. The number of amides is 1. The predicted octanol–water partition coefficient (Wildman–Crippen LogP) is 2.76. The lowest BCUT2D eigenvalue weighted by Crippen LogP contribution is -2.19. The minimum atomic E-state index is -0.453. The van der Waals surface area contributed by atoms with Gasteiger partial charge in [-0.3, -0.25) is 14.9 Å². The molecule has 1 N–H and O–H groups in total. The Balaban J connectivity index is 1.73. The number of thioether (sulfide) groups is 1. The van der Waals surface area contributed by atoms with Crippen LogP contribution in [-0.4, -0.2) is 35.9 Å². The van der Waals surface area contributed by atoms with Gasteiger partial charge in [0, 0.05) is 17.9 Å². The van der Waals surface area contributed by atoms with Crippen molar-refractivity contribution in [2.45, 2.75) is 5.75 Å². The monoisotopic (exact) mass is 387 g/mol. The maximum atomic E-state index is 11.8. The van der Waals surface area contributed by atoms with Gasteiger partial charge >= 0.3 is 5.97 Å². The third-order valence-electron chi connectivity index (χ3n) is 3.38. The second kappa shape index (κ2) is 10.1. The number of benzene rings is 2. The van der Waals surface area contributed by atoms with Gasteiger partial charge in [-0.15, -0.1) is 11.8 Å². The first-order valence-corrected chi connectivity index (χ1v) is 8.96. The lowest BCUT2D eigenvalue weighted by atomic mass is 10.1. The third-order valence-corrected chi connectivity index (χ3v) is 4.39. The van der Waals surface area contributed by atoms with E-state index in [2.05, 4.69) is 15.3 Å². The highest BCUT2D eigenvalue weighted by Crippen LogP contribution is 2.16. The van der Waals surface area contributed by atoms with E-state index in [9.17, 15) is 19.7 Å². The Morgan fingerprint density at radius 2 is 1.85 bits per heavy atom. The molecule has 2 aromatic rings. The average Bonchev–Trinajstić information content (AvgIpc) is 2.68. The number of nitrogens with zero attached hydrogens (tertiary/aromatic N) is 2. The molecule has 2 rings (SSSR count). The molecule has 0 saturated carbocycles. The zero-order chi connectivity index (χ0) is 19.6. The van der Waals surface area contributed by atoms with Gasteiger partial charge in [0.2, 0.25) is 5.91 Å². The van der Waals surface area contributed by atoms with E-state index >= 15 is 0 Å². The van der Waals surface area contributed by atoms with Crippen molar-refractivity contribution in [3.63, 3.8) is 0 Å². The Kier molecular flexibility index (Phi) is 7.50. The molecule has 8 nitrogen and oxygen atoms in total. The van der Waals surface area contributed by atoms with Crippen LogP contribution in [0.4, 0.5) is 5.69 Å². The predicted molar refractivity (Wildman–Crippen MR) is 103 cm³/mol. The van der Waals surface area contributed by atoms with Crippen molar-refractivity contribution >= 4 is 35.5 Å². The Bertz CT molecular complexity index is 835. The number of nitrogens with one attached hydrogen (secondary N) is 1. The highest BCUT2D eigenvalue weighted by Gasteiger charge is 2.06. The van der Waals surface area contributed by atoms with Crippen LogP contribution in [0.2, 0.25) is 0 Å². The molecule has 2 aromatic carbocycles. The van der Waals surface area contributed by atoms with Crippen LogP contribution in [-0.2, 0) is 15.3 Å². The van der Waals surface area contributed by atoms with Gasteiger partial charge in [-0.05, 0) is 23.3 Å². The van der Waals surface area contributed by atoms with E-state index in [1.54, 1.807) is 36.4 Å². The Hall–Kier alpha value is -3.20. The summed E-state index contributed by atoms with van der Waals surface area (Å²) in [4.78, 5) is 33.2. The van der Waals surface area contributed by atoms with Crippen LogP contribution in [0, 0.1) is 10.1 Å². The van der Waals surface area contributed by atoms with Gasteiger partial charge in [0.1, 0.15) is 0 Å². The van der Waals surface area contributed by atoms with Crippen LogP contribution in [0.25, 0.3) is 0 Å². The zero-order valence-electron chi connectivity index (χ0n) is 14.5. The minimum absolute atomic E-state index is 0.0375. The molecule has 0 fully saturated rings. The van der Waals surface area contributed by atoms with Gasteiger partial charge in [-0.25, -0.2) is 10.2 Å². The third kappa shape index (κ3) is 6.55. The van der Waals surface area contributed by atoms with E-state index in [1.807, 2.05) is 0 Å². The highest BCUT2D eigenvalue weighted by molar-refractivity contribution is 7.99. The second-order valence-corrected chi connectivity index (χ2v) is 6.31. The molecule has 0 aromatic heterocycles. The Morgan fingerprint density at radius 3 is 2.44 bits per heavy atom. The van der Waals surface area contributed by atoms with E-state index in [0.717, 1.165) is 11.1 Å². The molecule has 0 aliphatic heterocycles. The van der Waals surface area contributed by atoms with Crippen molar-refractivity contribution in [3.8, 4) is 0 Å². The number of hydrogen-bond acceptors (Lipinski definition) is 7. The summed E-state index contributed by atoms with van der Waals surface area (Å²) >= 11 is 1.38. The lowest BCUT2D eigenvalue weighted by molar-refractivity contribution is -0.384. The fraction of sp³-hybridized carbons (Fsp3) is 0.167. The summed E-state index contributed by atoms with van der Waals surface area (Å²) in [6.45, 7) is 0. The van der Waals surface area contributed by atoms with Gasteiger partial charge < -0.3 is 4.74 Å². The Morgan fingerprint density at radius 1 is 1.19 bits per heavy atom. The molecule has 0 radical (unpaired) electrons. The largest absolute Gasteiger partial charge is 0.465 e. The number of non-ortho nitro benzene ring substituents is 1. The smallest absolute Gasteiger partial charge is 0.337 e. The van der Waals surface area contributed by atoms with Crippen LogP contribution in [0.3, 0.4) is 0 Å². The Labute approximate surface area is 159 Å². The summed E-state index contributed by atoms with van der Waals surface area (Å²) in [5.41, 5.74) is 4.51. The van der Waals surface area contributed by atoms with Gasteiger partial charge in [0.15, 0.2) is 0 Å². The molecule has 0 atom stereocenters. The van der Waals surface area contributed by atoms with Crippen LogP contribution in [0.15, 0.2) is 53.6 Å². The summed E-state index contributed by atoms with van der Waals surface area (Å²) in [5, 5.41) is 14.5. The molecule has 0 heterocycles. The zero-order valence-corrected chi connectivity index (χ0v) is 15.3. The summed E-state index contributed by atoms with van der Waals surface area (Å²) in [7, 11) is 1.31. The van der Waals surface area contributed by atoms with Gasteiger partial charge in [-0.1, -0.05) is 24.3 Å². The van der Waals surface area contributed by atoms with E-state index in [-0.39, 0.29) is 17.3 Å². The molecular weight excluding hydrogens is 370 g/mol. The normalized spacial score (nSPS) is 10.6. The van der Waals surface area contributed by atoms with Crippen molar-refractivity contribution in [1.82, 2.24) is 5.43 Å². The molecule has 1 amide bonds. The number of hydrazone groups is 1. The quantitative estimate of drug-likeness (QED) is 0.323. The molecule has 9 heteroatoms. The molecule has 0 aliphatic carbocycles. The van der Waals surface area contributed by atoms with Crippen LogP contribution in [0.1, 0.15) is 21.5 Å². The van der Waals surface area contributed by atoms with E-state index in [4.69, 9.17) is 0 Å². The van der Waals surface area contributed by atoms with Gasteiger partial charge in [0.25, 0.3) is 5.69 Å². The average molecular weight is 387 g/mol.